The summed E-state index contributed by atoms with van der Waals surface area (Å²) in [5.74, 6) is -1.38. The number of aliphatic hydroxyl groups is 1. The van der Waals surface area contributed by atoms with Gasteiger partial charge >= 0.3 is 0 Å². The minimum absolute atomic E-state index is 0.160. The molecule has 0 amide bonds. The van der Waals surface area contributed by atoms with E-state index in [4.69, 9.17) is 5.73 Å². The maximum absolute atomic E-state index is 13.0. The smallest absolute Gasteiger partial charge is 0.126 e. The number of hydrogen-bond donors (Lipinski definition) is 2. The largest absolute Gasteiger partial charge is 0.388 e. The van der Waals surface area contributed by atoms with Crippen molar-refractivity contribution in [3.63, 3.8) is 0 Å². The predicted octanol–water partition coefficient (Wildman–Crippen LogP) is 2.76. The predicted molar refractivity (Wildman–Crippen MR) is 63.4 cm³/mol. The van der Waals surface area contributed by atoms with Crippen molar-refractivity contribution >= 4 is 0 Å². The van der Waals surface area contributed by atoms with Crippen LogP contribution < -0.4 is 5.73 Å². The highest BCUT2D eigenvalue weighted by atomic mass is 19.1. The van der Waals surface area contributed by atoms with Gasteiger partial charge in [0.2, 0.25) is 0 Å². The average Bonchev–Trinajstić information content (AvgIpc) is 2.14. The maximum atomic E-state index is 13.0. The first-order valence-electron chi connectivity index (χ1n) is 5.60. The van der Waals surface area contributed by atoms with Crippen LogP contribution in [0.15, 0.2) is 18.2 Å². The standard InChI is InChI=1S/C13H19F2NO/c1-13(2,3)12(16)7-11(17)8-4-9(14)6-10(15)5-8/h4-6,11-12,17H,7,16H2,1-3H3/t11-,12+/m0/s1. The molecule has 0 fully saturated rings. The highest BCUT2D eigenvalue weighted by molar-refractivity contribution is 5.20. The molecular formula is C13H19F2NO. The summed E-state index contributed by atoms with van der Waals surface area (Å²) in [5.41, 5.74) is 5.98. The first kappa shape index (κ1) is 14.1. The van der Waals surface area contributed by atoms with E-state index in [0.717, 1.165) is 18.2 Å². The van der Waals surface area contributed by atoms with Gasteiger partial charge in [0, 0.05) is 12.1 Å². The van der Waals surface area contributed by atoms with Gasteiger partial charge in [-0.3, -0.25) is 0 Å². The highest BCUT2D eigenvalue weighted by Gasteiger charge is 2.24. The van der Waals surface area contributed by atoms with Crippen molar-refractivity contribution in [2.75, 3.05) is 0 Å². The Bertz CT molecular complexity index is 367. The Balaban J connectivity index is 2.79. The third-order valence-corrected chi connectivity index (χ3v) is 2.86. The van der Waals surface area contributed by atoms with Gasteiger partial charge in [0.15, 0.2) is 0 Å². The summed E-state index contributed by atoms with van der Waals surface area (Å²) in [5, 5.41) is 9.89. The molecule has 0 bridgehead atoms. The van der Waals surface area contributed by atoms with Gasteiger partial charge in [-0.25, -0.2) is 8.78 Å². The van der Waals surface area contributed by atoms with Crippen LogP contribution in [0.2, 0.25) is 0 Å². The maximum Gasteiger partial charge on any atom is 0.126 e. The number of aliphatic hydroxyl groups excluding tert-OH is 1. The lowest BCUT2D eigenvalue weighted by atomic mass is 9.83. The second-order valence-electron chi connectivity index (χ2n) is 5.43. The van der Waals surface area contributed by atoms with Crippen LogP contribution in [0, 0.1) is 17.0 Å². The second-order valence-corrected chi connectivity index (χ2v) is 5.43. The van der Waals surface area contributed by atoms with Gasteiger partial charge in [0.1, 0.15) is 11.6 Å². The van der Waals surface area contributed by atoms with Crippen molar-refractivity contribution in [3.8, 4) is 0 Å². The van der Waals surface area contributed by atoms with Crippen molar-refractivity contribution in [2.24, 2.45) is 11.1 Å². The molecule has 0 unspecified atom stereocenters. The molecule has 0 spiro atoms. The van der Waals surface area contributed by atoms with E-state index in [0.29, 0.717) is 0 Å². The first-order valence-corrected chi connectivity index (χ1v) is 5.60. The third kappa shape index (κ3) is 4.06. The van der Waals surface area contributed by atoms with Crippen molar-refractivity contribution in [1.29, 1.82) is 0 Å². The summed E-state index contributed by atoms with van der Waals surface area (Å²) in [4.78, 5) is 0. The minimum atomic E-state index is -0.950. The zero-order valence-corrected chi connectivity index (χ0v) is 10.4. The Kier molecular flexibility index (Phi) is 4.22. The number of halogens is 2. The SMILES string of the molecule is CC(C)(C)[C@H](N)C[C@H](O)c1cc(F)cc(F)c1. The lowest BCUT2D eigenvalue weighted by Gasteiger charge is -2.29. The Morgan fingerprint density at radius 3 is 2.06 bits per heavy atom. The van der Waals surface area contributed by atoms with E-state index in [9.17, 15) is 13.9 Å². The zero-order valence-electron chi connectivity index (χ0n) is 10.4. The van der Waals surface area contributed by atoms with Gasteiger partial charge in [0.25, 0.3) is 0 Å². The molecular weight excluding hydrogens is 224 g/mol. The van der Waals surface area contributed by atoms with Crippen molar-refractivity contribution < 1.29 is 13.9 Å². The average molecular weight is 243 g/mol. The van der Waals surface area contributed by atoms with E-state index >= 15 is 0 Å². The molecule has 3 N–H and O–H groups in total. The Morgan fingerprint density at radius 2 is 1.65 bits per heavy atom. The number of benzene rings is 1. The molecule has 0 aromatic heterocycles. The molecule has 2 nitrogen and oxygen atoms in total. The van der Waals surface area contributed by atoms with Crippen LogP contribution in [0.25, 0.3) is 0 Å². The molecule has 0 heterocycles. The summed E-state index contributed by atoms with van der Waals surface area (Å²) in [6, 6.07) is 2.79. The lowest BCUT2D eigenvalue weighted by Crippen LogP contribution is -2.36. The van der Waals surface area contributed by atoms with Crippen molar-refractivity contribution in [2.45, 2.75) is 39.3 Å². The van der Waals surface area contributed by atoms with Crippen molar-refractivity contribution in [1.82, 2.24) is 0 Å². The number of nitrogens with two attached hydrogens (primary N) is 1. The second kappa shape index (κ2) is 5.10. The molecule has 17 heavy (non-hydrogen) atoms. The summed E-state index contributed by atoms with van der Waals surface area (Å²) in [6.45, 7) is 5.86. The summed E-state index contributed by atoms with van der Waals surface area (Å²) >= 11 is 0. The molecule has 2 atom stereocenters. The quantitative estimate of drug-likeness (QED) is 0.857. The molecule has 1 rings (SSSR count). The van der Waals surface area contributed by atoms with E-state index in [1.165, 1.54) is 0 Å². The summed E-state index contributed by atoms with van der Waals surface area (Å²) in [6.07, 6.45) is -0.679. The molecule has 96 valence electrons. The molecule has 0 aliphatic rings. The van der Waals surface area contributed by atoms with Gasteiger partial charge in [0.05, 0.1) is 6.10 Å². The van der Waals surface area contributed by atoms with Crippen LogP contribution in [0.1, 0.15) is 38.9 Å². The summed E-state index contributed by atoms with van der Waals surface area (Å²) < 4.78 is 26.0. The molecule has 1 aromatic carbocycles. The van der Waals surface area contributed by atoms with E-state index in [2.05, 4.69) is 0 Å². The molecule has 4 heteroatoms. The normalized spacial score (nSPS) is 15.7. The van der Waals surface area contributed by atoms with Gasteiger partial charge in [-0.05, 0) is 29.5 Å². The van der Waals surface area contributed by atoms with Crippen LogP contribution in [-0.2, 0) is 0 Å². The highest BCUT2D eigenvalue weighted by Crippen LogP contribution is 2.27. The van der Waals surface area contributed by atoms with Crippen LogP contribution in [0.4, 0.5) is 8.78 Å². The minimum Gasteiger partial charge on any atom is -0.388 e. The number of hydrogen-bond acceptors (Lipinski definition) is 2. The van der Waals surface area contributed by atoms with Crippen molar-refractivity contribution in [3.05, 3.63) is 35.4 Å². The van der Waals surface area contributed by atoms with Crippen LogP contribution >= 0.6 is 0 Å². The zero-order chi connectivity index (χ0) is 13.2. The van der Waals surface area contributed by atoms with Crippen LogP contribution in [-0.4, -0.2) is 11.1 Å². The molecule has 0 saturated carbocycles. The van der Waals surface area contributed by atoms with E-state index < -0.39 is 17.7 Å². The molecule has 0 radical (unpaired) electrons. The Morgan fingerprint density at radius 1 is 1.18 bits per heavy atom. The molecule has 0 aliphatic carbocycles. The summed E-state index contributed by atoms with van der Waals surface area (Å²) in [7, 11) is 0. The molecule has 0 saturated heterocycles. The fraction of sp³-hybridized carbons (Fsp3) is 0.538. The van der Waals surface area contributed by atoms with Gasteiger partial charge < -0.3 is 10.8 Å². The Hall–Kier alpha value is -1.00. The topological polar surface area (TPSA) is 46.2 Å². The van der Waals surface area contributed by atoms with Gasteiger partial charge in [-0.1, -0.05) is 20.8 Å². The first-order chi connectivity index (χ1) is 7.70. The van der Waals surface area contributed by atoms with Crippen LogP contribution in [0.5, 0.6) is 0 Å². The Labute approximate surface area is 100 Å². The van der Waals surface area contributed by atoms with E-state index in [-0.39, 0.29) is 23.4 Å². The van der Waals surface area contributed by atoms with Gasteiger partial charge in [-0.2, -0.15) is 0 Å². The fourth-order valence-electron chi connectivity index (χ4n) is 1.50. The fourth-order valence-corrected chi connectivity index (χ4v) is 1.50. The van der Waals surface area contributed by atoms with Gasteiger partial charge in [-0.15, -0.1) is 0 Å². The van der Waals surface area contributed by atoms with E-state index in [1.807, 2.05) is 20.8 Å². The molecule has 0 aliphatic heterocycles. The monoisotopic (exact) mass is 243 g/mol. The van der Waals surface area contributed by atoms with Crippen LogP contribution in [0.3, 0.4) is 0 Å². The number of rotatable bonds is 3. The molecule has 1 aromatic rings. The third-order valence-electron chi connectivity index (χ3n) is 2.86. The lowest BCUT2D eigenvalue weighted by molar-refractivity contribution is 0.133. The van der Waals surface area contributed by atoms with E-state index in [1.54, 1.807) is 0 Å².